The van der Waals surface area contributed by atoms with E-state index in [1.54, 1.807) is 0 Å². The van der Waals surface area contributed by atoms with Crippen molar-refractivity contribution in [3.8, 4) is 5.75 Å². The number of aromatic hydroxyl groups is 1. The quantitative estimate of drug-likeness (QED) is 0.876. The number of hydrogen-bond donors (Lipinski definition) is 1. The predicted molar refractivity (Wildman–Crippen MR) is 66.3 cm³/mol. The minimum absolute atomic E-state index is 0.425. The maximum Gasteiger partial charge on any atom is 0.187 e. The van der Waals surface area contributed by atoms with Crippen molar-refractivity contribution < 1.29 is 13.9 Å². The Morgan fingerprint density at radius 1 is 1.28 bits per heavy atom. The van der Waals surface area contributed by atoms with Crippen molar-refractivity contribution >= 4 is 0 Å². The fourth-order valence-corrected chi connectivity index (χ4v) is 2.63. The molecule has 2 atom stereocenters. The van der Waals surface area contributed by atoms with Gasteiger partial charge < -0.3 is 5.11 Å². The van der Waals surface area contributed by atoms with Crippen LogP contribution in [0.25, 0.3) is 0 Å². The summed E-state index contributed by atoms with van der Waals surface area (Å²) >= 11 is 0. The number of benzene rings is 1. The Labute approximate surface area is 106 Å². The van der Waals surface area contributed by atoms with E-state index in [0.29, 0.717) is 24.1 Å². The van der Waals surface area contributed by atoms with Crippen LogP contribution in [0.5, 0.6) is 5.75 Å². The van der Waals surface area contributed by atoms with Gasteiger partial charge in [0.05, 0.1) is 0 Å². The highest BCUT2D eigenvalue weighted by atomic mass is 19.1. The summed E-state index contributed by atoms with van der Waals surface area (Å²) in [6.07, 6.45) is 2.23. The van der Waals surface area contributed by atoms with E-state index in [4.69, 9.17) is 5.11 Å². The standard InChI is InChI=1S/C14H19F2NO/c1-9-3-4-17(10(2)5-9)8-11-6-12(15)14(18)13(16)7-11/h6-7,9-10,18H,3-5,8H2,1-2H3. The van der Waals surface area contributed by atoms with Gasteiger partial charge >= 0.3 is 0 Å². The van der Waals surface area contributed by atoms with E-state index in [1.807, 2.05) is 0 Å². The molecule has 1 aliphatic rings. The fraction of sp³-hybridized carbons (Fsp3) is 0.571. The molecule has 0 saturated carbocycles. The van der Waals surface area contributed by atoms with Crippen molar-refractivity contribution in [3.05, 3.63) is 29.3 Å². The second kappa shape index (κ2) is 5.22. The van der Waals surface area contributed by atoms with Crippen LogP contribution in [0.1, 0.15) is 32.3 Å². The lowest BCUT2D eigenvalue weighted by Gasteiger charge is -2.36. The van der Waals surface area contributed by atoms with Crippen molar-refractivity contribution in [2.24, 2.45) is 5.92 Å². The molecule has 1 fully saturated rings. The van der Waals surface area contributed by atoms with Crippen LogP contribution < -0.4 is 0 Å². The Bertz CT molecular complexity index is 413. The molecule has 4 heteroatoms. The molecule has 1 aromatic rings. The highest BCUT2D eigenvalue weighted by molar-refractivity contribution is 5.30. The summed E-state index contributed by atoms with van der Waals surface area (Å²) in [7, 11) is 0. The number of halogens is 2. The molecule has 0 spiro atoms. The van der Waals surface area contributed by atoms with Crippen LogP contribution in [0.3, 0.4) is 0 Å². The van der Waals surface area contributed by atoms with E-state index >= 15 is 0 Å². The molecular formula is C14H19F2NO. The first-order valence-corrected chi connectivity index (χ1v) is 6.38. The van der Waals surface area contributed by atoms with E-state index in [9.17, 15) is 8.78 Å². The number of hydrogen-bond acceptors (Lipinski definition) is 2. The van der Waals surface area contributed by atoms with Gasteiger partial charge in [0.15, 0.2) is 17.4 Å². The average Bonchev–Trinajstić information content (AvgIpc) is 2.29. The molecule has 0 aromatic heterocycles. The fourth-order valence-electron chi connectivity index (χ4n) is 2.63. The zero-order chi connectivity index (χ0) is 13.3. The van der Waals surface area contributed by atoms with Gasteiger partial charge in [0, 0.05) is 12.6 Å². The van der Waals surface area contributed by atoms with Crippen LogP contribution in [0.4, 0.5) is 8.78 Å². The largest absolute Gasteiger partial charge is 0.503 e. The molecular weight excluding hydrogens is 236 g/mol. The van der Waals surface area contributed by atoms with Crippen LogP contribution in [-0.4, -0.2) is 22.6 Å². The van der Waals surface area contributed by atoms with Crippen molar-refractivity contribution in [1.29, 1.82) is 0 Å². The molecule has 0 aliphatic carbocycles. The van der Waals surface area contributed by atoms with Gasteiger partial charge in [0.2, 0.25) is 0 Å². The van der Waals surface area contributed by atoms with E-state index < -0.39 is 17.4 Å². The maximum absolute atomic E-state index is 13.2. The zero-order valence-corrected chi connectivity index (χ0v) is 10.8. The van der Waals surface area contributed by atoms with Crippen LogP contribution in [0.15, 0.2) is 12.1 Å². The molecule has 18 heavy (non-hydrogen) atoms. The monoisotopic (exact) mass is 255 g/mol. The second-order valence-corrected chi connectivity index (χ2v) is 5.36. The van der Waals surface area contributed by atoms with Crippen molar-refractivity contribution in [2.75, 3.05) is 6.54 Å². The predicted octanol–water partition coefficient (Wildman–Crippen LogP) is 3.29. The zero-order valence-electron chi connectivity index (χ0n) is 10.8. The highest BCUT2D eigenvalue weighted by Gasteiger charge is 2.23. The Kier molecular flexibility index (Phi) is 3.85. The number of likely N-dealkylation sites (tertiary alicyclic amines) is 1. The third-order valence-corrected chi connectivity index (χ3v) is 3.74. The average molecular weight is 255 g/mol. The molecule has 1 aromatic carbocycles. The van der Waals surface area contributed by atoms with Gasteiger partial charge in [0.1, 0.15) is 0 Å². The van der Waals surface area contributed by atoms with Gasteiger partial charge in [-0.3, -0.25) is 4.90 Å². The lowest BCUT2D eigenvalue weighted by atomic mass is 9.93. The molecule has 0 amide bonds. The van der Waals surface area contributed by atoms with Gasteiger partial charge in [0.25, 0.3) is 0 Å². The molecule has 1 aliphatic heterocycles. The molecule has 2 unspecified atom stereocenters. The van der Waals surface area contributed by atoms with Crippen LogP contribution in [0, 0.1) is 17.6 Å². The normalized spacial score (nSPS) is 25.3. The van der Waals surface area contributed by atoms with Crippen LogP contribution in [0.2, 0.25) is 0 Å². The molecule has 0 radical (unpaired) electrons. The first-order valence-electron chi connectivity index (χ1n) is 6.38. The number of rotatable bonds is 2. The van der Waals surface area contributed by atoms with Crippen molar-refractivity contribution in [1.82, 2.24) is 4.90 Å². The third-order valence-electron chi connectivity index (χ3n) is 3.74. The molecule has 1 heterocycles. The van der Waals surface area contributed by atoms with Crippen LogP contribution in [-0.2, 0) is 6.54 Å². The number of phenols is 1. The summed E-state index contributed by atoms with van der Waals surface area (Å²) in [5.74, 6) is -1.95. The van der Waals surface area contributed by atoms with Crippen LogP contribution >= 0.6 is 0 Å². The Morgan fingerprint density at radius 3 is 2.44 bits per heavy atom. The molecule has 100 valence electrons. The maximum atomic E-state index is 13.2. The second-order valence-electron chi connectivity index (χ2n) is 5.36. The number of piperidine rings is 1. The molecule has 1 saturated heterocycles. The number of nitrogens with zero attached hydrogens (tertiary/aromatic N) is 1. The van der Waals surface area contributed by atoms with Gasteiger partial charge in [-0.15, -0.1) is 0 Å². The molecule has 2 nitrogen and oxygen atoms in total. The summed E-state index contributed by atoms with van der Waals surface area (Å²) in [5, 5.41) is 9.06. The summed E-state index contributed by atoms with van der Waals surface area (Å²) in [6, 6.07) is 2.85. The summed E-state index contributed by atoms with van der Waals surface area (Å²) < 4.78 is 26.5. The number of phenolic OH excluding ortho intramolecular Hbond substituents is 1. The first kappa shape index (κ1) is 13.3. The van der Waals surface area contributed by atoms with Gasteiger partial charge in [-0.05, 0) is 49.9 Å². The Balaban J connectivity index is 2.10. The van der Waals surface area contributed by atoms with Gasteiger partial charge in [-0.1, -0.05) is 6.92 Å². The Hall–Kier alpha value is -1.16. The summed E-state index contributed by atoms with van der Waals surface area (Å²) in [6.45, 7) is 5.85. The third kappa shape index (κ3) is 2.80. The Morgan fingerprint density at radius 2 is 1.89 bits per heavy atom. The first-order chi connectivity index (χ1) is 8.47. The minimum Gasteiger partial charge on any atom is -0.503 e. The molecule has 1 N–H and O–H groups in total. The molecule has 0 bridgehead atoms. The topological polar surface area (TPSA) is 23.5 Å². The summed E-state index contributed by atoms with van der Waals surface area (Å²) in [5.41, 5.74) is 0.573. The smallest absolute Gasteiger partial charge is 0.187 e. The van der Waals surface area contributed by atoms with E-state index in [1.165, 1.54) is 12.1 Å². The minimum atomic E-state index is -0.890. The summed E-state index contributed by atoms with van der Waals surface area (Å²) in [4.78, 5) is 2.23. The van der Waals surface area contributed by atoms with Crippen molar-refractivity contribution in [2.45, 2.75) is 39.3 Å². The van der Waals surface area contributed by atoms with E-state index in [0.717, 1.165) is 19.4 Å². The van der Waals surface area contributed by atoms with Gasteiger partial charge in [-0.2, -0.15) is 0 Å². The lowest BCUT2D eigenvalue weighted by Crippen LogP contribution is -2.39. The highest BCUT2D eigenvalue weighted by Crippen LogP contribution is 2.26. The van der Waals surface area contributed by atoms with Crippen molar-refractivity contribution in [3.63, 3.8) is 0 Å². The lowest BCUT2D eigenvalue weighted by molar-refractivity contribution is 0.122. The SMILES string of the molecule is CC1CCN(Cc2cc(F)c(O)c(F)c2)C(C)C1. The van der Waals surface area contributed by atoms with E-state index in [2.05, 4.69) is 18.7 Å². The molecule has 2 rings (SSSR count). The van der Waals surface area contributed by atoms with E-state index in [-0.39, 0.29) is 0 Å². The van der Waals surface area contributed by atoms with Gasteiger partial charge in [-0.25, -0.2) is 8.78 Å².